The van der Waals surface area contributed by atoms with E-state index in [9.17, 15) is 28.4 Å². The quantitative estimate of drug-likeness (QED) is 0.0649. The van der Waals surface area contributed by atoms with Gasteiger partial charge in [-0.25, -0.2) is 9.71 Å². The molecule has 2 aliphatic heterocycles. The van der Waals surface area contributed by atoms with Gasteiger partial charge in [-0.05, 0) is 146 Å². The van der Waals surface area contributed by atoms with Gasteiger partial charge in [0.1, 0.15) is 22.8 Å². The summed E-state index contributed by atoms with van der Waals surface area (Å²) in [6, 6.07) is 21.2. The van der Waals surface area contributed by atoms with Crippen molar-refractivity contribution in [3.05, 3.63) is 106 Å². The van der Waals surface area contributed by atoms with E-state index in [1.54, 1.807) is 31.3 Å². The molecule has 15 nitrogen and oxygen atoms in total. The number of hydrogen-bond acceptors (Lipinski definition) is 12. The zero-order chi connectivity index (χ0) is 44.8. The maximum Gasteiger partial charge on any atom is 0.388 e. The van der Waals surface area contributed by atoms with Crippen molar-refractivity contribution in [3.8, 4) is 11.5 Å². The van der Waals surface area contributed by atoms with Crippen LogP contribution in [0.5, 0.6) is 11.5 Å². The van der Waals surface area contributed by atoms with E-state index in [0.717, 1.165) is 62.5 Å². The number of likely N-dealkylation sites (tertiary alicyclic amines) is 1. The molecular weight excluding hydrogens is 833 g/mol. The maximum atomic E-state index is 13.9. The van der Waals surface area contributed by atoms with Crippen molar-refractivity contribution in [2.24, 2.45) is 11.3 Å². The van der Waals surface area contributed by atoms with Crippen LogP contribution in [0.2, 0.25) is 0 Å². The number of sulfonamides is 1. The van der Waals surface area contributed by atoms with Gasteiger partial charge >= 0.3 is 15.8 Å². The minimum absolute atomic E-state index is 0.0461. The van der Waals surface area contributed by atoms with Gasteiger partial charge in [0.25, 0.3) is 10.9 Å². The van der Waals surface area contributed by atoms with Gasteiger partial charge in [0, 0.05) is 61.1 Å². The Hall–Kier alpha value is -5.58. The molecule has 9 rings (SSSR count). The van der Waals surface area contributed by atoms with Gasteiger partial charge < -0.3 is 35.2 Å². The van der Waals surface area contributed by atoms with Crippen LogP contribution in [0, 0.1) is 21.4 Å². The number of amides is 1. The summed E-state index contributed by atoms with van der Waals surface area (Å²) >= 11 is 0. The lowest BCUT2D eigenvalue weighted by Gasteiger charge is -2.56. The van der Waals surface area contributed by atoms with Gasteiger partial charge in [-0.2, -0.15) is 8.42 Å². The van der Waals surface area contributed by atoms with Gasteiger partial charge in [0.2, 0.25) is 0 Å². The van der Waals surface area contributed by atoms with E-state index in [0.29, 0.717) is 54.2 Å². The fourth-order valence-corrected chi connectivity index (χ4v) is 11.6. The van der Waals surface area contributed by atoms with Gasteiger partial charge in [-0.1, -0.05) is 38.1 Å². The Morgan fingerprint density at radius 2 is 1.78 bits per heavy atom. The highest BCUT2D eigenvalue weighted by molar-refractivity contribution is 7.90. The number of aliphatic hydroxyl groups is 1. The van der Waals surface area contributed by atoms with Crippen LogP contribution in [0.15, 0.2) is 84.1 Å². The maximum absolute atomic E-state index is 13.9. The van der Waals surface area contributed by atoms with Crippen LogP contribution >= 0.6 is 0 Å². The average molecular weight is 891 g/mol. The standard InChI is InChI=1S/C48H58N8O7S/c1-31(2)37-7-4-5-8-38(37)41-9-6-22-55(41)35-27-48(28-35)19-23-54(24-20-48)34-10-11-39(42(26-34)63-36-25-33-16-21-49-44(33)51-30-36)46(57)53-64(61,62)43-13-12-40(45(52-43)56(59)60)50-29-32-14-17-47(3,58)18-15-32/h4-5,7-8,10-13,16,21,25-26,30-32,35,41,50,58H,6,9,14-15,17-20,22-24,27-29H2,1-3H3,(H,49,51)(H,53,57)/t32-,41-,47-/m1/s1. The summed E-state index contributed by atoms with van der Waals surface area (Å²) in [5, 5.41) is 25.6. The summed E-state index contributed by atoms with van der Waals surface area (Å²) in [6.45, 7) is 9.59. The van der Waals surface area contributed by atoms with Crippen LogP contribution < -0.4 is 19.7 Å². The number of nitrogens with one attached hydrogen (secondary N) is 3. The molecule has 2 aromatic carbocycles. The Morgan fingerprint density at radius 3 is 2.53 bits per heavy atom. The second-order valence-electron chi connectivity index (χ2n) is 19.1. The molecule has 2 aliphatic carbocycles. The summed E-state index contributed by atoms with van der Waals surface area (Å²) in [5.74, 6) is -0.491. The fourth-order valence-electron chi connectivity index (χ4n) is 10.6. The third-order valence-corrected chi connectivity index (χ3v) is 15.6. The molecule has 0 bridgehead atoms. The van der Waals surface area contributed by atoms with Crippen molar-refractivity contribution < 1.29 is 28.0 Å². The second-order valence-corrected chi connectivity index (χ2v) is 20.8. The highest BCUT2D eigenvalue weighted by Crippen LogP contribution is 2.54. The number of aromatic nitrogens is 3. The highest BCUT2D eigenvalue weighted by atomic mass is 32.2. The number of carbonyl (C=O) groups is 1. The second kappa shape index (κ2) is 17.4. The van der Waals surface area contributed by atoms with Gasteiger partial charge in [0.15, 0.2) is 0 Å². The minimum Gasteiger partial charge on any atom is -0.455 e. The Labute approximate surface area is 374 Å². The summed E-state index contributed by atoms with van der Waals surface area (Å²) in [5.41, 5.74) is 4.06. The van der Waals surface area contributed by atoms with Crippen molar-refractivity contribution in [2.45, 2.75) is 114 Å². The molecule has 1 atom stereocenters. The first kappa shape index (κ1) is 43.7. The average Bonchev–Trinajstić information content (AvgIpc) is 3.95. The molecule has 2 saturated heterocycles. The van der Waals surface area contributed by atoms with Crippen LogP contribution in [0.3, 0.4) is 0 Å². The molecule has 4 fully saturated rings. The van der Waals surface area contributed by atoms with E-state index in [2.05, 4.69) is 72.9 Å². The first-order chi connectivity index (χ1) is 30.7. The first-order valence-electron chi connectivity index (χ1n) is 22.7. The molecule has 1 spiro atoms. The molecule has 4 N–H and O–H groups in total. The topological polar surface area (TPSA) is 196 Å². The summed E-state index contributed by atoms with van der Waals surface area (Å²) in [6.07, 6.45) is 13.0. The molecule has 5 aromatic rings. The van der Waals surface area contributed by atoms with E-state index < -0.39 is 37.3 Å². The summed E-state index contributed by atoms with van der Waals surface area (Å²) in [7, 11) is -4.67. The third kappa shape index (κ3) is 9.04. The zero-order valence-electron chi connectivity index (χ0n) is 36.8. The number of rotatable bonds is 13. The number of carbonyl (C=O) groups excluding carboxylic acids is 1. The smallest absolute Gasteiger partial charge is 0.388 e. The predicted molar refractivity (Wildman–Crippen MR) is 245 cm³/mol. The molecule has 4 aliphatic rings. The van der Waals surface area contributed by atoms with Gasteiger partial charge in [-0.3, -0.25) is 9.69 Å². The monoisotopic (exact) mass is 890 g/mol. The number of pyridine rings is 2. The lowest BCUT2D eigenvalue weighted by Crippen LogP contribution is -2.54. The first-order valence-corrected chi connectivity index (χ1v) is 24.2. The van der Waals surface area contributed by atoms with E-state index >= 15 is 0 Å². The molecule has 0 unspecified atom stereocenters. The number of nitro groups is 1. The number of hydrogen-bond donors (Lipinski definition) is 4. The van der Waals surface area contributed by atoms with E-state index in [1.165, 1.54) is 49.1 Å². The Balaban J connectivity index is 0.895. The molecule has 3 aromatic heterocycles. The van der Waals surface area contributed by atoms with Crippen LogP contribution in [0.4, 0.5) is 17.2 Å². The molecule has 5 heterocycles. The molecule has 16 heteroatoms. The Bertz CT molecular complexity index is 2640. The number of ether oxygens (including phenoxy) is 1. The van der Waals surface area contributed by atoms with Crippen molar-refractivity contribution in [2.75, 3.05) is 36.4 Å². The van der Waals surface area contributed by atoms with Crippen LogP contribution in [0.25, 0.3) is 11.0 Å². The largest absolute Gasteiger partial charge is 0.455 e. The molecule has 338 valence electrons. The van der Waals surface area contributed by atoms with Crippen molar-refractivity contribution in [1.29, 1.82) is 0 Å². The predicted octanol–water partition coefficient (Wildman–Crippen LogP) is 8.84. The number of aromatic amines is 1. The number of fused-ring (bicyclic) bond motifs is 1. The van der Waals surface area contributed by atoms with Crippen molar-refractivity contribution in [3.63, 3.8) is 0 Å². The van der Waals surface area contributed by atoms with Crippen LogP contribution in [-0.2, 0) is 10.0 Å². The fraction of sp³-hybridized carbons (Fsp3) is 0.479. The normalized spacial score (nSPS) is 22.7. The number of benzene rings is 2. The zero-order valence-corrected chi connectivity index (χ0v) is 37.6. The van der Waals surface area contributed by atoms with Gasteiger partial charge in [0.05, 0.1) is 17.4 Å². The Morgan fingerprint density at radius 1 is 1.02 bits per heavy atom. The van der Waals surface area contributed by atoms with Crippen molar-refractivity contribution in [1.82, 2.24) is 24.6 Å². The molecule has 0 radical (unpaired) electrons. The molecular formula is C48H58N8O7S. The van der Waals surface area contributed by atoms with Crippen LogP contribution in [-0.4, -0.2) is 82.0 Å². The number of piperidine rings is 1. The van der Waals surface area contributed by atoms with E-state index in [1.807, 2.05) is 12.1 Å². The van der Waals surface area contributed by atoms with E-state index in [4.69, 9.17) is 4.74 Å². The van der Waals surface area contributed by atoms with E-state index in [-0.39, 0.29) is 22.9 Å². The highest BCUT2D eigenvalue weighted by Gasteiger charge is 2.50. The molecule has 1 amide bonds. The van der Waals surface area contributed by atoms with Crippen LogP contribution in [0.1, 0.15) is 118 Å². The number of nitrogens with zero attached hydrogens (tertiary/aromatic N) is 5. The van der Waals surface area contributed by atoms with Crippen molar-refractivity contribution >= 4 is 44.2 Å². The molecule has 64 heavy (non-hydrogen) atoms. The lowest BCUT2D eigenvalue weighted by atomic mass is 9.59. The third-order valence-electron chi connectivity index (χ3n) is 14.4. The summed E-state index contributed by atoms with van der Waals surface area (Å²) < 4.78 is 35.8. The SMILES string of the molecule is CC(C)c1ccccc1[C@H]1CCCN1C1CC2(CCN(c3ccc(C(=O)NS(=O)(=O)c4ccc(NC[C@H]5CC[C@](C)(O)CC5)c([N+](=O)[O-])n4)c(Oc4cnc5[nH]ccc5c4)c3)CC2)C1. The number of anilines is 2. The van der Waals surface area contributed by atoms with Gasteiger partial charge in [-0.15, -0.1) is 0 Å². The number of H-pyrrole nitrogens is 1. The summed E-state index contributed by atoms with van der Waals surface area (Å²) in [4.78, 5) is 41.7. The Kier molecular flexibility index (Phi) is 11.9. The molecule has 2 saturated carbocycles. The lowest BCUT2D eigenvalue weighted by molar-refractivity contribution is -0.389. The minimum atomic E-state index is -4.67.